The molecule has 2 aromatic rings. The molecule has 0 atom stereocenters. The van der Waals surface area contributed by atoms with Gasteiger partial charge in [0.05, 0.1) is 12.8 Å². The van der Waals surface area contributed by atoms with Crippen molar-refractivity contribution in [3.63, 3.8) is 0 Å². The lowest BCUT2D eigenvalue weighted by Crippen LogP contribution is -2.49. The van der Waals surface area contributed by atoms with Gasteiger partial charge in [0, 0.05) is 43.9 Å². The maximum Gasteiger partial charge on any atom is 0.306 e. The molecule has 8 heteroatoms. The molecular weight excluding hydrogens is 374 g/mol. The molecule has 1 fully saturated rings. The van der Waals surface area contributed by atoms with E-state index < -0.39 is 5.97 Å². The average Bonchev–Trinajstić information content (AvgIpc) is 3.08. The fourth-order valence-electron chi connectivity index (χ4n) is 3.40. The number of hydrogen-bond acceptors (Lipinski definition) is 7. The molecule has 0 saturated carbocycles. The lowest BCUT2D eigenvalue weighted by Gasteiger charge is -2.36. The van der Waals surface area contributed by atoms with Crippen LogP contribution in [0.5, 0.6) is 5.75 Å². The van der Waals surface area contributed by atoms with Crippen molar-refractivity contribution in [2.75, 3.05) is 44.8 Å². The molecule has 156 valence electrons. The number of piperazine rings is 1. The summed E-state index contributed by atoms with van der Waals surface area (Å²) < 4.78 is 15.4. The molecule has 1 aliphatic rings. The van der Waals surface area contributed by atoms with E-state index in [0.29, 0.717) is 25.3 Å². The number of esters is 1. The highest BCUT2D eigenvalue weighted by Crippen LogP contribution is 2.20. The zero-order valence-electron chi connectivity index (χ0n) is 17.1. The van der Waals surface area contributed by atoms with Gasteiger partial charge < -0.3 is 23.8 Å². The van der Waals surface area contributed by atoms with Crippen LogP contribution in [0.4, 0.5) is 5.69 Å². The van der Waals surface area contributed by atoms with E-state index in [0.717, 1.165) is 35.8 Å². The Bertz CT molecular complexity index is 819. The Morgan fingerprint density at radius 1 is 1.10 bits per heavy atom. The Labute approximate surface area is 170 Å². The van der Waals surface area contributed by atoms with Crippen LogP contribution in [-0.4, -0.2) is 61.8 Å². The molecule has 3 rings (SSSR count). The summed E-state index contributed by atoms with van der Waals surface area (Å²) in [6.45, 7) is 6.10. The Morgan fingerprint density at radius 3 is 2.38 bits per heavy atom. The number of amides is 1. The number of anilines is 1. The normalized spacial score (nSPS) is 14.0. The van der Waals surface area contributed by atoms with Gasteiger partial charge in [-0.05, 0) is 44.5 Å². The molecular formula is C21H27N3O5. The van der Waals surface area contributed by atoms with E-state index in [4.69, 9.17) is 14.0 Å². The number of carbonyl (C=O) groups is 2. The topological polar surface area (TPSA) is 85.1 Å². The van der Waals surface area contributed by atoms with Gasteiger partial charge in [-0.15, -0.1) is 0 Å². The van der Waals surface area contributed by atoms with Crippen LogP contribution < -0.4 is 9.64 Å². The predicted molar refractivity (Wildman–Crippen MR) is 107 cm³/mol. The lowest BCUT2D eigenvalue weighted by atomic mass is 10.1. The van der Waals surface area contributed by atoms with E-state index in [9.17, 15) is 9.59 Å². The monoisotopic (exact) mass is 401 g/mol. The molecule has 1 aromatic heterocycles. The number of hydrogen-bond donors (Lipinski definition) is 0. The summed E-state index contributed by atoms with van der Waals surface area (Å²) in [6.07, 6.45) is 0.691. The average molecular weight is 401 g/mol. The van der Waals surface area contributed by atoms with Crippen LogP contribution in [0.25, 0.3) is 0 Å². The van der Waals surface area contributed by atoms with Crippen molar-refractivity contribution in [2.45, 2.75) is 26.7 Å². The molecule has 0 bridgehead atoms. The van der Waals surface area contributed by atoms with Crippen LogP contribution >= 0.6 is 0 Å². The van der Waals surface area contributed by atoms with Gasteiger partial charge in [-0.1, -0.05) is 5.16 Å². The second kappa shape index (κ2) is 9.45. The van der Waals surface area contributed by atoms with Gasteiger partial charge in [0.15, 0.2) is 6.61 Å². The first-order chi connectivity index (χ1) is 14.0. The largest absolute Gasteiger partial charge is 0.497 e. The Morgan fingerprint density at radius 2 is 1.79 bits per heavy atom. The van der Waals surface area contributed by atoms with Crippen molar-refractivity contribution in [3.05, 3.63) is 41.3 Å². The first-order valence-electron chi connectivity index (χ1n) is 9.72. The summed E-state index contributed by atoms with van der Waals surface area (Å²) in [7, 11) is 1.64. The number of rotatable bonds is 7. The number of benzene rings is 1. The SMILES string of the molecule is COc1ccc(N2CCN(C(=O)COC(=O)CCc3c(C)noc3C)CC2)cc1. The maximum absolute atomic E-state index is 12.4. The van der Waals surface area contributed by atoms with Gasteiger partial charge >= 0.3 is 5.97 Å². The summed E-state index contributed by atoms with van der Waals surface area (Å²) in [6, 6.07) is 7.87. The van der Waals surface area contributed by atoms with Crippen LogP contribution in [0.15, 0.2) is 28.8 Å². The number of ether oxygens (including phenoxy) is 2. The Hall–Kier alpha value is -3.03. The van der Waals surface area contributed by atoms with Crippen molar-refractivity contribution in [3.8, 4) is 5.75 Å². The van der Waals surface area contributed by atoms with E-state index in [1.54, 1.807) is 12.0 Å². The lowest BCUT2D eigenvalue weighted by molar-refractivity contribution is -0.152. The van der Waals surface area contributed by atoms with Gasteiger partial charge in [0.1, 0.15) is 11.5 Å². The van der Waals surface area contributed by atoms with Crippen molar-refractivity contribution in [1.82, 2.24) is 10.1 Å². The summed E-state index contributed by atoms with van der Waals surface area (Å²) in [4.78, 5) is 28.3. The number of carbonyl (C=O) groups excluding carboxylic acids is 2. The number of methoxy groups -OCH3 is 1. The molecule has 1 amide bonds. The molecule has 29 heavy (non-hydrogen) atoms. The third-order valence-electron chi connectivity index (χ3n) is 5.19. The molecule has 1 aromatic carbocycles. The number of aryl methyl sites for hydroxylation is 2. The Kier molecular flexibility index (Phi) is 6.74. The predicted octanol–water partition coefficient (Wildman–Crippen LogP) is 2.12. The minimum Gasteiger partial charge on any atom is -0.497 e. The molecule has 8 nitrogen and oxygen atoms in total. The molecule has 2 heterocycles. The molecule has 1 aliphatic heterocycles. The molecule has 0 N–H and O–H groups in total. The highest BCUT2D eigenvalue weighted by Gasteiger charge is 2.22. The van der Waals surface area contributed by atoms with Crippen molar-refractivity contribution >= 4 is 17.6 Å². The standard InChI is InChI=1S/C21H27N3O5/c1-15-19(16(2)29-22-15)8-9-21(26)28-14-20(25)24-12-10-23(11-13-24)17-4-6-18(27-3)7-5-17/h4-7H,8-14H2,1-3H3. The van der Waals surface area contributed by atoms with E-state index in [2.05, 4.69) is 10.1 Å². The summed E-state index contributed by atoms with van der Waals surface area (Å²) in [5, 5.41) is 3.87. The zero-order valence-corrected chi connectivity index (χ0v) is 17.1. The molecule has 0 aliphatic carbocycles. The third-order valence-corrected chi connectivity index (χ3v) is 5.19. The van der Waals surface area contributed by atoms with E-state index in [1.807, 2.05) is 38.1 Å². The minimum atomic E-state index is -0.393. The van der Waals surface area contributed by atoms with Gasteiger partial charge in [-0.3, -0.25) is 9.59 Å². The second-order valence-electron chi connectivity index (χ2n) is 7.03. The number of nitrogens with zero attached hydrogens (tertiary/aromatic N) is 3. The molecule has 0 radical (unpaired) electrons. The third kappa shape index (κ3) is 5.28. The van der Waals surface area contributed by atoms with Crippen LogP contribution in [0.1, 0.15) is 23.4 Å². The zero-order chi connectivity index (χ0) is 20.8. The maximum atomic E-state index is 12.4. The van der Waals surface area contributed by atoms with E-state index >= 15 is 0 Å². The van der Waals surface area contributed by atoms with Gasteiger partial charge in [-0.25, -0.2) is 0 Å². The van der Waals surface area contributed by atoms with Crippen LogP contribution in [0, 0.1) is 13.8 Å². The fourth-order valence-corrected chi connectivity index (χ4v) is 3.40. The number of aromatic nitrogens is 1. The summed E-state index contributed by atoms with van der Waals surface area (Å²) in [5.41, 5.74) is 2.80. The van der Waals surface area contributed by atoms with Gasteiger partial charge in [0.2, 0.25) is 0 Å². The van der Waals surface area contributed by atoms with Crippen molar-refractivity contribution < 1.29 is 23.6 Å². The first kappa shape index (κ1) is 20.7. The first-order valence-corrected chi connectivity index (χ1v) is 9.72. The Balaban J connectivity index is 1.39. The van der Waals surface area contributed by atoms with Crippen LogP contribution in [0.3, 0.4) is 0 Å². The van der Waals surface area contributed by atoms with Crippen molar-refractivity contribution in [2.24, 2.45) is 0 Å². The van der Waals surface area contributed by atoms with E-state index in [1.165, 1.54) is 0 Å². The molecule has 0 unspecified atom stereocenters. The molecule has 1 saturated heterocycles. The van der Waals surface area contributed by atoms with Crippen LogP contribution in [0.2, 0.25) is 0 Å². The summed E-state index contributed by atoms with van der Waals surface area (Å²) >= 11 is 0. The van der Waals surface area contributed by atoms with Gasteiger partial charge in [0.25, 0.3) is 5.91 Å². The summed E-state index contributed by atoms with van der Waals surface area (Å²) in [5.74, 6) is 0.972. The van der Waals surface area contributed by atoms with Gasteiger partial charge in [-0.2, -0.15) is 0 Å². The smallest absolute Gasteiger partial charge is 0.306 e. The second-order valence-corrected chi connectivity index (χ2v) is 7.03. The molecule has 0 spiro atoms. The van der Waals surface area contributed by atoms with Crippen LogP contribution in [-0.2, 0) is 20.7 Å². The van der Waals surface area contributed by atoms with E-state index in [-0.39, 0.29) is 18.9 Å². The highest BCUT2D eigenvalue weighted by atomic mass is 16.5. The van der Waals surface area contributed by atoms with Crippen molar-refractivity contribution in [1.29, 1.82) is 0 Å². The fraction of sp³-hybridized carbons (Fsp3) is 0.476. The quantitative estimate of drug-likeness (QED) is 0.657. The highest BCUT2D eigenvalue weighted by molar-refractivity contribution is 5.81. The minimum absolute atomic E-state index is 0.162.